The fourth-order valence-electron chi connectivity index (χ4n) is 18.2. The molecule has 0 spiro atoms. The molecule has 0 saturated carbocycles. The molecule has 0 aliphatic carbocycles. The van der Waals surface area contributed by atoms with Crippen LogP contribution in [-0.4, -0.2) is 18.8 Å². The Morgan fingerprint density at radius 1 is 0.173 bits per heavy atom. The summed E-state index contributed by atoms with van der Waals surface area (Å²) in [6.45, 7) is 0. The van der Waals surface area contributed by atoms with Crippen molar-refractivity contribution < 1.29 is 0 Å². The maximum absolute atomic E-state index is 6.37. The van der Waals surface area contributed by atoms with Crippen molar-refractivity contribution in [3.8, 4) is 22.3 Å². The zero-order valence-corrected chi connectivity index (χ0v) is 59.5. The van der Waals surface area contributed by atoms with Crippen LogP contribution in [0.2, 0.25) is 0 Å². The second-order valence-electron chi connectivity index (χ2n) is 28.7. The van der Waals surface area contributed by atoms with Crippen molar-refractivity contribution in [2.24, 2.45) is 0 Å². The third kappa shape index (κ3) is 9.20. The van der Waals surface area contributed by atoms with Gasteiger partial charge in [-0.1, -0.05) is 231 Å². The Kier molecular flexibility index (Phi) is 13.6. The van der Waals surface area contributed by atoms with Crippen LogP contribution in [0.25, 0.3) is 142 Å². The van der Waals surface area contributed by atoms with Gasteiger partial charge >= 0.3 is 0 Å². The first-order chi connectivity index (χ1) is 54.6. The first-order valence-corrected chi connectivity index (χ1v) is 37.6. The Morgan fingerprint density at radius 3 is 0.736 bits per heavy atom. The third-order valence-electron chi connectivity index (χ3n) is 22.7. The Balaban J connectivity index is 0.939. The average Bonchev–Trinajstić information content (AvgIpc) is 1.49. The van der Waals surface area contributed by atoms with E-state index >= 15 is 0 Å². The number of aromatic nitrogens is 4. The van der Waals surface area contributed by atoms with Crippen molar-refractivity contribution in [3.05, 3.63) is 388 Å². The van der Waals surface area contributed by atoms with E-state index in [2.05, 4.69) is 417 Å². The number of benzene rings is 17. The number of para-hydroxylation sites is 8. The van der Waals surface area contributed by atoms with Gasteiger partial charge in [0.15, 0.2) is 0 Å². The molecule has 23 rings (SSSR count). The lowest BCUT2D eigenvalue weighted by Gasteiger charge is -2.26. The van der Waals surface area contributed by atoms with Crippen LogP contribution in [0.5, 0.6) is 0 Å². The third-order valence-corrected chi connectivity index (χ3v) is 22.7. The highest BCUT2D eigenvalue weighted by atomic mass is 15.2. The fourth-order valence-corrected chi connectivity index (χ4v) is 18.2. The van der Waals surface area contributed by atoms with Gasteiger partial charge in [0.2, 0.25) is 0 Å². The predicted molar refractivity (Wildman–Crippen MR) is 462 cm³/mol. The first-order valence-electron chi connectivity index (χ1n) is 37.6. The summed E-state index contributed by atoms with van der Waals surface area (Å²) in [6, 6.07) is 141. The second kappa shape index (κ2) is 24.3. The normalized spacial score (nSPS) is 12.0. The quantitative estimate of drug-likeness (QED) is 0.108. The van der Waals surface area contributed by atoms with Crippen molar-refractivity contribution in [2.45, 2.75) is 0 Å². The minimum absolute atomic E-state index is 0.839. The van der Waals surface area contributed by atoms with E-state index in [4.69, 9.17) is 9.97 Å². The summed E-state index contributed by atoms with van der Waals surface area (Å²) in [4.78, 5) is 22.3. The van der Waals surface area contributed by atoms with E-state index in [-0.39, 0.29) is 0 Å². The number of nitrogens with zero attached hydrogens (tertiary/aromatic N) is 8. The monoisotopic (exact) mass is 1400 g/mol. The van der Waals surface area contributed by atoms with Gasteiger partial charge in [-0.15, -0.1) is 0 Å². The lowest BCUT2D eigenvalue weighted by Crippen LogP contribution is -2.10. The number of hydrogen-bond donors (Lipinski definition) is 0. The van der Waals surface area contributed by atoms with E-state index in [1.807, 2.05) is 0 Å². The van der Waals surface area contributed by atoms with E-state index in [0.29, 0.717) is 0 Å². The fraction of sp³-hybridized carbons (Fsp3) is 0. The van der Waals surface area contributed by atoms with Crippen LogP contribution in [0.1, 0.15) is 0 Å². The van der Waals surface area contributed by atoms with Crippen LogP contribution in [-0.2, 0) is 0 Å². The predicted octanol–water partition coefficient (Wildman–Crippen LogP) is 28.0. The molecule has 0 saturated heterocycles. The molecule has 0 amide bonds. The molecule has 512 valence electrons. The Labute approximate surface area is 632 Å². The van der Waals surface area contributed by atoms with Gasteiger partial charge < -0.3 is 28.4 Å². The van der Waals surface area contributed by atoms with Crippen LogP contribution < -0.4 is 19.6 Å². The summed E-state index contributed by atoms with van der Waals surface area (Å²) in [5.74, 6) is 0. The summed E-state index contributed by atoms with van der Waals surface area (Å²) in [5.41, 5.74) is 27.1. The van der Waals surface area contributed by atoms with Crippen LogP contribution in [0.4, 0.5) is 68.2 Å². The van der Waals surface area contributed by atoms with Crippen LogP contribution in [0, 0.1) is 0 Å². The second-order valence-corrected chi connectivity index (χ2v) is 28.7. The van der Waals surface area contributed by atoms with Gasteiger partial charge in [0.25, 0.3) is 0 Å². The topological polar surface area (TPSA) is 47.6 Å². The molecule has 5 aromatic heterocycles. The molecule has 0 radical (unpaired) electrons. The highest BCUT2D eigenvalue weighted by Gasteiger charge is 2.33. The molecule has 0 aliphatic rings. The zero-order chi connectivity index (χ0) is 72.1. The molecule has 18 aromatic carbocycles. The largest absolute Gasteiger partial charge is 0.310 e. The lowest BCUT2D eigenvalue weighted by molar-refractivity contribution is 1.28. The molecular weight excluding hydrogens is 1340 g/mol. The van der Waals surface area contributed by atoms with Crippen molar-refractivity contribution in [1.82, 2.24) is 18.8 Å². The van der Waals surface area contributed by atoms with Crippen molar-refractivity contribution in [3.63, 3.8) is 0 Å². The first kappa shape index (κ1) is 61.4. The molecular formula is C102H64N8. The van der Waals surface area contributed by atoms with Crippen LogP contribution in [0.15, 0.2) is 388 Å². The summed E-state index contributed by atoms with van der Waals surface area (Å²) in [7, 11) is 0. The number of hydrogen-bond acceptors (Lipinski definition) is 6. The molecule has 8 heteroatoms. The Morgan fingerprint density at radius 2 is 0.436 bits per heavy atom. The summed E-state index contributed by atoms with van der Waals surface area (Å²) in [5, 5.41) is 13.2. The molecule has 0 atom stereocenters. The minimum Gasteiger partial charge on any atom is -0.310 e. The van der Waals surface area contributed by atoms with Gasteiger partial charge in [0, 0.05) is 127 Å². The molecule has 5 heterocycles. The summed E-state index contributed by atoms with van der Waals surface area (Å²) < 4.78 is 5.22. The van der Waals surface area contributed by atoms with E-state index in [1.165, 1.54) is 16.5 Å². The summed E-state index contributed by atoms with van der Waals surface area (Å²) in [6.07, 6.45) is 0. The van der Waals surface area contributed by atoms with Gasteiger partial charge in [-0.2, -0.15) is 0 Å². The average molecular weight is 1400 g/mol. The van der Waals surface area contributed by atoms with Gasteiger partial charge in [-0.3, -0.25) is 0 Å². The molecule has 0 unspecified atom stereocenters. The lowest BCUT2D eigenvalue weighted by atomic mass is 9.90. The zero-order valence-electron chi connectivity index (χ0n) is 59.5. The number of anilines is 12. The standard InChI is InChI=1S/C102H64N8/c1-11-31-65(32-12-1)79-53-55-81-92-82(56-54-80(91(79)92)66-33-13-2-14-34-66)96-95(81)103-97-93-87-63-77(107(71-43-23-7-24-44-71)72-45-25-8-26-46-72)61-85-83-59-75(105(67-35-15-3-16-36-67)68-37-17-4-18-38-68)51-57-89(83)109(99(85)87)101(93)102-94(98(97)104-96)88-64-78(108(73-47-27-9-28-48-73)74-49-29-10-30-50-74)62-86-84-60-76(52-58-90(84)110(102)100(86)88)106(69-39-19-5-20-40-69)70-41-21-6-22-42-70/h1-64H. The smallest absolute Gasteiger partial charge is 0.100 e. The molecule has 110 heavy (non-hydrogen) atoms. The maximum atomic E-state index is 6.37. The van der Waals surface area contributed by atoms with Crippen LogP contribution >= 0.6 is 0 Å². The molecule has 8 nitrogen and oxygen atoms in total. The van der Waals surface area contributed by atoms with E-state index in [1.54, 1.807) is 0 Å². The number of fused-ring (bicyclic) bond motifs is 19. The van der Waals surface area contributed by atoms with Crippen molar-refractivity contribution in [2.75, 3.05) is 19.6 Å². The van der Waals surface area contributed by atoms with Crippen molar-refractivity contribution in [1.29, 1.82) is 0 Å². The summed E-state index contributed by atoms with van der Waals surface area (Å²) >= 11 is 0. The highest BCUT2D eigenvalue weighted by molar-refractivity contribution is 6.42. The van der Waals surface area contributed by atoms with E-state index in [0.717, 1.165) is 194 Å². The van der Waals surface area contributed by atoms with Crippen molar-refractivity contribution >= 4 is 188 Å². The maximum Gasteiger partial charge on any atom is 0.100 e. The molecule has 0 fully saturated rings. The Hall–Kier alpha value is -14.9. The van der Waals surface area contributed by atoms with Gasteiger partial charge in [-0.05, 0) is 185 Å². The highest BCUT2D eigenvalue weighted by Crippen LogP contribution is 2.56. The van der Waals surface area contributed by atoms with E-state index < -0.39 is 0 Å². The number of rotatable bonds is 14. The van der Waals surface area contributed by atoms with E-state index in [9.17, 15) is 0 Å². The SMILES string of the molecule is c1ccc(-c2ccc3c4nc5c(nc4c4ccc(-c6ccccc6)c2c34)c2c3cc(N(c4ccccc4)c4ccccc4)cc4c6cc(N(c7ccccc7)c7ccccc7)ccc6n(c43)c2c2c5c3cc(N(c4ccccc4)c4ccccc4)cc4c5cc(N(c6ccccc6)c6ccccc6)ccc5n2c43)cc1. The molecule has 0 aliphatic heterocycles. The van der Waals surface area contributed by atoms with Gasteiger partial charge in [0.1, 0.15) is 11.0 Å². The molecule has 0 N–H and O–H groups in total. The van der Waals surface area contributed by atoms with Gasteiger partial charge in [0.05, 0.1) is 44.1 Å². The molecule has 23 aromatic rings. The molecule has 0 bridgehead atoms. The van der Waals surface area contributed by atoms with Crippen LogP contribution in [0.3, 0.4) is 0 Å². The Bertz CT molecular complexity index is 6870. The van der Waals surface area contributed by atoms with Gasteiger partial charge in [-0.25, -0.2) is 9.97 Å². The minimum atomic E-state index is 0.839.